The lowest BCUT2D eigenvalue weighted by Crippen LogP contribution is -2.48. The van der Waals surface area contributed by atoms with E-state index in [4.69, 9.17) is 0 Å². The van der Waals surface area contributed by atoms with Gasteiger partial charge >= 0.3 is 0 Å². The first kappa shape index (κ1) is 12.9. The smallest absolute Gasteiger partial charge is 0.222 e. The van der Waals surface area contributed by atoms with Gasteiger partial charge in [-0.25, -0.2) is 0 Å². The van der Waals surface area contributed by atoms with Gasteiger partial charge in [-0.2, -0.15) is 0 Å². The van der Waals surface area contributed by atoms with E-state index in [1.165, 1.54) is 5.69 Å². The van der Waals surface area contributed by atoms with Gasteiger partial charge in [0.2, 0.25) is 5.91 Å². The molecule has 0 radical (unpaired) electrons. The largest absolute Gasteiger partial charge is 0.369 e. The highest BCUT2D eigenvalue weighted by atomic mass is 16.1. The van der Waals surface area contributed by atoms with E-state index in [0.29, 0.717) is 0 Å². The number of carbonyl (C=O) groups is 1. The number of carbonyl (C=O) groups excluding carboxylic acids is 1. The van der Waals surface area contributed by atoms with Crippen molar-refractivity contribution in [3.63, 3.8) is 0 Å². The van der Waals surface area contributed by atoms with Crippen LogP contribution in [0.5, 0.6) is 0 Å². The topological polar surface area (TPSA) is 32.3 Å². The highest BCUT2D eigenvalue weighted by Gasteiger charge is 2.22. The van der Waals surface area contributed by atoms with E-state index in [9.17, 15) is 4.79 Å². The van der Waals surface area contributed by atoms with E-state index >= 15 is 0 Å². The molecule has 1 atom stereocenters. The minimum absolute atomic E-state index is 0.0668. The molecule has 3 heteroatoms. The number of piperidine rings is 1. The number of nitrogens with zero attached hydrogens (tertiary/aromatic N) is 1. The van der Waals surface area contributed by atoms with Crippen LogP contribution in [0.1, 0.15) is 26.7 Å². The Hall–Kier alpha value is -1.51. The molecule has 1 amide bonds. The predicted molar refractivity (Wildman–Crippen MR) is 74.7 cm³/mol. The Morgan fingerprint density at radius 3 is 2.72 bits per heavy atom. The van der Waals surface area contributed by atoms with Gasteiger partial charge in [0.05, 0.1) is 0 Å². The fraction of sp³-hybridized carbons (Fsp3) is 0.533. The quantitative estimate of drug-likeness (QED) is 0.888. The summed E-state index contributed by atoms with van der Waals surface area (Å²) < 4.78 is 0. The zero-order valence-electron chi connectivity index (χ0n) is 11.2. The maximum atomic E-state index is 11.7. The van der Waals surface area contributed by atoms with Crippen LogP contribution in [0.4, 0.5) is 5.69 Å². The first-order valence-electron chi connectivity index (χ1n) is 6.77. The Morgan fingerprint density at radius 2 is 2.06 bits per heavy atom. The van der Waals surface area contributed by atoms with Crippen LogP contribution in [-0.2, 0) is 4.79 Å². The highest BCUT2D eigenvalue weighted by Crippen LogP contribution is 2.19. The average molecular weight is 246 g/mol. The average Bonchev–Trinajstić information content (AvgIpc) is 2.40. The van der Waals surface area contributed by atoms with Gasteiger partial charge in [0.1, 0.15) is 0 Å². The molecule has 0 bridgehead atoms. The van der Waals surface area contributed by atoms with Crippen molar-refractivity contribution in [1.82, 2.24) is 5.32 Å². The zero-order valence-corrected chi connectivity index (χ0v) is 11.2. The van der Waals surface area contributed by atoms with Crippen LogP contribution in [0.25, 0.3) is 0 Å². The Morgan fingerprint density at radius 1 is 1.33 bits per heavy atom. The van der Waals surface area contributed by atoms with Crippen molar-refractivity contribution in [2.45, 2.75) is 32.7 Å². The van der Waals surface area contributed by atoms with Gasteiger partial charge in [0.15, 0.2) is 0 Å². The Labute approximate surface area is 109 Å². The second-order valence-electron chi connectivity index (χ2n) is 5.28. The SMILES string of the molecule is CC(C)C(=O)NC1CCCN(c2ccccc2)C1. The van der Waals surface area contributed by atoms with Gasteiger partial charge in [-0.1, -0.05) is 32.0 Å². The number of hydrogen-bond donors (Lipinski definition) is 1. The zero-order chi connectivity index (χ0) is 13.0. The Kier molecular flexibility index (Phi) is 4.24. The van der Waals surface area contributed by atoms with Crippen molar-refractivity contribution in [1.29, 1.82) is 0 Å². The van der Waals surface area contributed by atoms with Gasteiger partial charge in [-0.05, 0) is 25.0 Å². The van der Waals surface area contributed by atoms with Gasteiger partial charge < -0.3 is 10.2 Å². The number of hydrogen-bond acceptors (Lipinski definition) is 2. The van der Waals surface area contributed by atoms with Gasteiger partial charge in [0, 0.05) is 30.7 Å². The third-order valence-electron chi connectivity index (χ3n) is 3.41. The molecule has 1 fully saturated rings. The second-order valence-corrected chi connectivity index (χ2v) is 5.28. The molecule has 0 spiro atoms. The summed E-state index contributed by atoms with van der Waals surface area (Å²) in [6.07, 6.45) is 2.22. The molecule has 1 aliphatic rings. The van der Waals surface area contributed by atoms with E-state index in [1.54, 1.807) is 0 Å². The van der Waals surface area contributed by atoms with Crippen molar-refractivity contribution in [2.24, 2.45) is 5.92 Å². The number of rotatable bonds is 3. The number of para-hydroxylation sites is 1. The first-order valence-corrected chi connectivity index (χ1v) is 6.77. The number of benzene rings is 1. The van der Waals surface area contributed by atoms with Crippen LogP contribution >= 0.6 is 0 Å². The molecule has 0 saturated carbocycles. The van der Waals surface area contributed by atoms with Crippen LogP contribution in [0, 0.1) is 5.92 Å². The van der Waals surface area contributed by atoms with Crippen LogP contribution in [0.15, 0.2) is 30.3 Å². The molecule has 98 valence electrons. The Balaban J connectivity index is 1.95. The lowest BCUT2D eigenvalue weighted by molar-refractivity contribution is -0.124. The summed E-state index contributed by atoms with van der Waals surface area (Å²) in [6.45, 7) is 5.88. The first-order chi connectivity index (χ1) is 8.66. The molecular formula is C15H22N2O. The summed E-state index contributed by atoms with van der Waals surface area (Å²) in [5.74, 6) is 0.229. The minimum Gasteiger partial charge on any atom is -0.369 e. The predicted octanol–water partition coefficient (Wildman–Crippen LogP) is 2.43. The molecular weight excluding hydrogens is 224 g/mol. The third-order valence-corrected chi connectivity index (χ3v) is 3.41. The minimum atomic E-state index is 0.0668. The summed E-state index contributed by atoms with van der Waals surface area (Å²) in [5.41, 5.74) is 1.25. The van der Waals surface area contributed by atoms with Crippen molar-refractivity contribution in [3.05, 3.63) is 30.3 Å². The van der Waals surface area contributed by atoms with Crippen molar-refractivity contribution < 1.29 is 4.79 Å². The van der Waals surface area contributed by atoms with Crippen molar-refractivity contribution >= 4 is 11.6 Å². The van der Waals surface area contributed by atoms with Crippen molar-refractivity contribution in [3.8, 4) is 0 Å². The van der Waals surface area contributed by atoms with Crippen LogP contribution in [0.2, 0.25) is 0 Å². The molecule has 3 nitrogen and oxygen atoms in total. The maximum Gasteiger partial charge on any atom is 0.222 e. The van der Waals surface area contributed by atoms with Gasteiger partial charge in [0.25, 0.3) is 0 Å². The van der Waals surface area contributed by atoms with Crippen LogP contribution in [0.3, 0.4) is 0 Å². The van der Waals surface area contributed by atoms with E-state index in [-0.39, 0.29) is 17.9 Å². The summed E-state index contributed by atoms with van der Waals surface area (Å²) in [5, 5.41) is 3.14. The molecule has 1 aromatic rings. The summed E-state index contributed by atoms with van der Waals surface area (Å²) in [7, 11) is 0. The second kappa shape index (κ2) is 5.89. The molecule has 1 unspecified atom stereocenters. The van der Waals surface area contributed by atoms with E-state index < -0.39 is 0 Å². The van der Waals surface area contributed by atoms with Crippen LogP contribution < -0.4 is 10.2 Å². The molecule has 18 heavy (non-hydrogen) atoms. The molecule has 2 rings (SSSR count). The number of nitrogens with one attached hydrogen (secondary N) is 1. The molecule has 1 saturated heterocycles. The van der Waals surface area contributed by atoms with Gasteiger partial charge in [-0.3, -0.25) is 4.79 Å². The van der Waals surface area contributed by atoms with E-state index in [0.717, 1.165) is 25.9 Å². The van der Waals surface area contributed by atoms with Crippen LogP contribution in [-0.4, -0.2) is 25.0 Å². The lowest BCUT2D eigenvalue weighted by Gasteiger charge is -2.35. The molecule has 1 heterocycles. The van der Waals surface area contributed by atoms with E-state index in [1.807, 2.05) is 19.9 Å². The third kappa shape index (κ3) is 3.25. The maximum absolute atomic E-state index is 11.7. The molecule has 0 aromatic heterocycles. The fourth-order valence-corrected chi connectivity index (χ4v) is 2.34. The standard InChI is InChI=1S/C15H22N2O/c1-12(2)15(18)16-13-7-6-10-17(11-13)14-8-4-3-5-9-14/h3-5,8-9,12-13H,6-7,10-11H2,1-2H3,(H,16,18). The molecule has 0 aliphatic carbocycles. The molecule has 1 N–H and O–H groups in total. The number of amides is 1. The Bertz CT molecular complexity index is 389. The van der Waals surface area contributed by atoms with Gasteiger partial charge in [-0.15, -0.1) is 0 Å². The fourth-order valence-electron chi connectivity index (χ4n) is 2.34. The number of anilines is 1. The normalized spacial score (nSPS) is 19.9. The highest BCUT2D eigenvalue weighted by molar-refractivity contribution is 5.78. The molecule has 1 aliphatic heterocycles. The summed E-state index contributed by atoms with van der Waals surface area (Å²) >= 11 is 0. The molecule has 1 aromatic carbocycles. The summed E-state index contributed by atoms with van der Waals surface area (Å²) in [6, 6.07) is 10.7. The van der Waals surface area contributed by atoms with Crippen molar-refractivity contribution in [2.75, 3.05) is 18.0 Å². The van der Waals surface area contributed by atoms with E-state index in [2.05, 4.69) is 34.5 Å². The monoisotopic (exact) mass is 246 g/mol. The summed E-state index contributed by atoms with van der Waals surface area (Å²) in [4.78, 5) is 14.1. The lowest BCUT2D eigenvalue weighted by atomic mass is 10.0.